The van der Waals surface area contributed by atoms with Crippen LogP contribution in [0.5, 0.6) is 0 Å². The van der Waals surface area contributed by atoms with Gasteiger partial charge in [0.2, 0.25) is 0 Å². The number of rotatable bonds is 75. The van der Waals surface area contributed by atoms with Crippen LogP contribution in [0.1, 0.15) is 303 Å². The zero-order chi connectivity index (χ0) is 76.6. The molecular formula is C87H144O16P2. The van der Waals surface area contributed by atoms with E-state index in [4.69, 9.17) is 32.3 Å². The second-order valence-corrected chi connectivity index (χ2v) is 29.3. The fourth-order valence-electron chi connectivity index (χ4n) is 10.4. The lowest BCUT2D eigenvalue weighted by Gasteiger charge is -2.21. The summed E-state index contributed by atoms with van der Waals surface area (Å²) in [5.74, 6) is -1.62. The number of hydrogen-bond donors (Lipinski definition) is 4. The first-order valence-corrected chi connectivity index (χ1v) is 43.4. The van der Waals surface area contributed by atoms with Gasteiger partial charge in [0.05, 0.1) is 26.4 Å². The highest BCUT2D eigenvalue weighted by atomic mass is 31.2. The Morgan fingerprint density at radius 1 is 0.267 bits per heavy atom. The van der Waals surface area contributed by atoms with E-state index < -0.39 is 91.5 Å². The zero-order valence-electron chi connectivity index (χ0n) is 65.3. The Kier molecular flexibility index (Phi) is 74.7. The van der Waals surface area contributed by atoms with Crippen LogP contribution in [0.2, 0.25) is 0 Å². The molecule has 4 N–H and O–H groups in total. The van der Waals surface area contributed by atoms with Crippen LogP contribution in [0.4, 0.5) is 0 Å². The van der Waals surface area contributed by atoms with Gasteiger partial charge in [-0.2, -0.15) is 0 Å². The van der Waals surface area contributed by atoms with Crippen molar-refractivity contribution in [2.24, 2.45) is 0 Å². The summed E-state index contributed by atoms with van der Waals surface area (Å²) < 4.78 is 61.2. The fraction of sp³-hybridized carbons (Fsp3) is 0.644. The van der Waals surface area contributed by atoms with Crippen LogP contribution >= 0.6 is 15.6 Å². The normalized spacial score (nSPS) is 14.8. The van der Waals surface area contributed by atoms with E-state index in [1.807, 2.05) is 0 Å². The number of phosphoric acid groups is 2. The van der Waals surface area contributed by atoms with Gasteiger partial charge in [-0.05, 0) is 148 Å². The summed E-state index contributed by atoms with van der Waals surface area (Å²) in [6.45, 7) is 2.30. The van der Waals surface area contributed by atoms with Crippen LogP contribution in [0.3, 0.4) is 0 Å². The van der Waals surface area contributed by atoms with Crippen LogP contribution in [0.15, 0.2) is 170 Å². The van der Waals surface area contributed by atoms with Crippen molar-refractivity contribution in [3.8, 4) is 0 Å². The summed E-state index contributed by atoms with van der Waals surface area (Å²) in [5, 5.41) is 20.7. The third-order valence-electron chi connectivity index (χ3n) is 16.4. The fourth-order valence-corrected chi connectivity index (χ4v) is 12.0. The SMILES string of the molecule is CC/C=C\C/C=C\C/C=C\C/C=C\C/C=C\CCCCCCCCCCCCCCCC(=O)OCC(O)COP(=O)(O)OCC(O)COP(=O)(O)OCC(COC(=O)CCCCCCC/C=C\C/C=C\C/C=C\C/C=C\C/C=C\CC)OC(=O)CCCCCCCC/C=C\C/C=C\C/C=C\C/C=C\CC. The third kappa shape index (κ3) is 79.8. The molecule has 105 heavy (non-hydrogen) atoms. The number of aliphatic hydroxyl groups is 2. The second-order valence-electron chi connectivity index (χ2n) is 26.4. The van der Waals surface area contributed by atoms with Gasteiger partial charge in [-0.15, -0.1) is 0 Å². The second kappa shape index (κ2) is 78.5. The van der Waals surface area contributed by atoms with Gasteiger partial charge in [0, 0.05) is 19.3 Å². The van der Waals surface area contributed by atoms with Crippen LogP contribution in [-0.4, -0.2) is 95.9 Å². The molecule has 0 saturated heterocycles. The minimum atomic E-state index is -4.95. The molecular weight excluding hydrogens is 1360 g/mol. The Bertz CT molecular complexity index is 2590. The molecule has 0 amide bonds. The summed E-state index contributed by atoms with van der Waals surface area (Å²) in [4.78, 5) is 58.7. The average Bonchev–Trinajstić information content (AvgIpc) is 0.911. The maximum absolute atomic E-state index is 13.0. The molecule has 0 heterocycles. The average molecular weight is 1510 g/mol. The quantitative estimate of drug-likeness (QED) is 0.0146. The number of allylic oxidation sites excluding steroid dienone is 28. The number of phosphoric ester groups is 2. The molecule has 0 aliphatic rings. The van der Waals surface area contributed by atoms with Gasteiger partial charge in [-0.1, -0.05) is 306 Å². The van der Waals surface area contributed by atoms with Crippen molar-refractivity contribution >= 4 is 33.6 Å². The van der Waals surface area contributed by atoms with Gasteiger partial charge < -0.3 is 34.2 Å². The van der Waals surface area contributed by atoms with Crippen molar-refractivity contribution < 1.29 is 75.8 Å². The Hall–Kier alpha value is -5.09. The number of unbranched alkanes of at least 4 members (excludes halogenated alkanes) is 24. The van der Waals surface area contributed by atoms with Gasteiger partial charge in [0.25, 0.3) is 0 Å². The third-order valence-corrected chi connectivity index (χ3v) is 18.3. The van der Waals surface area contributed by atoms with E-state index in [0.29, 0.717) is 19.3 Å². The summed E-state index contributed by atoms with van der Waals surface area (Å²) in [6, 6.07) is 0. The van der Waals surface area contributed by atoms with Crippen molar-refractivity contribution in [1.29, 1.82) is 0 Å². The molecule has 0 bridgehead atoms. The molecule has 0 aromatic heterocycles. The molecule has 18 heteroatoms. The highest BCUT2D eigenvalue weighted by molar-refractivity contribution is 7.47. The predicted molar refractivity (Wildman–Crippen MR) is 435 cm³/mol. The Morgan fingerprint density at radius 2 is 0.476 bits per heavy atom. The lowest BCUT2D eigenvalue weighted by Crippen LogP contribution is -2.30. The van der Waals surface area contributed by atoms with Crippen molar-refractivity contribution in [1.82, 2.24) is 0 Å². The lowest BCUT2D eigenvalue weighted by molar-refractivity contribution is -0.161. The predicted octanol–water partition coefficient (Wildman–Crippen LogP) is 24.0. The van der Waals surface area contributed by atoms with E-state index in [0.717, 1.165) is 186 Å². The minimum absolute atomic E-state index is 0.0779. The first-order chi connectivity index (χ1) is 51.2. The van der Waals surface area contributed by atoms with E-state index in [9.17, 15) is 43.5 Å². The van der Waals surface area contributed by atoms with Crippen LogP contribution in [0, 0.1) is 0 Å². The van der Waals surface area contributed by atoms with E-state index >= 15 is 0 Å². The Morgan fingerprint density at radius 3 is 0.752 bits per heavy atom. The van der Waals surface area contributed by atoms with E-state index in [-0.39, 0.29) is 19.3 Å². The van der Waals surface area contributed by atoms with Gasteiger partial charge in [-0.25, -0.2) is 9.13 Å². The maximum atomic E-state index is 13.0. The summed E-state index contributed by atoms with van der Waals surface area (Å²) in [5.41, 5.74) is 0. The van der Waals surface area contributed by atoms with E-state index in [1.54, 1.807) is 0 Å². The number of hydrogen-bond acceptors (Lipinski definition) is 14. The Balaban J connectivity index is 4.62. The number of carbonyl (C=O) groups is 3. The zero-order valence-corrected chi connectivity index (χ0v) is 67.1. The largest absolute Gasteiger partial charge is 0.472 e. The van der Waals surface area contributed by atoms with Gasteiger partial charge >= 0.3 is 33.6 Å². The van der Waals surface area contributed by atoms with E-state index in [1.165, 1.54) is 57.8 Å². The molecule has 0 saturated carbocycles. The molecule has 16 nitrogen and oxygen atoms in total. The molecule has 0 aromatic carbocycles. The molecule has 0 fully saturated rings. The Labute approximate surface area is 637 Å². The molecule has 5 atom stereocenters. The van der Waals surface area contributed by atoms with Gasteiger partial charge in [0.1, 0.15) is 25.4 Å². The van der Waals surface area contributed by atoms with Crippen molar-refractivity contribution in [3.63, 3.8) is 0 Å². The topological polar surface area (TPSA) is 231 Å². The van der Waals surface area contributed by atoms with Crippen LogP contribution in [0.25, 0.3) is 0 Å². The molecule has 0 spiro atoms. The molecule has 0 radical (unpaired) electrons. The summed E-state index contributed by atoms with van der Waals surface area (Å²) in [7, 11) is -9.81. The maximum Gasteiger partial charge on any atom is 0.472 e. The van der Waals surface area contributed by atoms with Crippen LogP contribution in [-0.2, 0) is 55.8 Å². The molecule has 0 aliphatic carbocycles. The number of aliphatic hydroxyl groups excluding tert-OH is 2. The number of carbonyl (C=O) groups excluding carboxylic acids is 3. The molecule has 0 aromatic rings. The molecule has 5 unspecified atom stereocenters. The lowest BCUT2D eigenvalue weighted by atomic mass is 10.0. The van der Waals surface area contributed by atoms with Gasteiger partial charge in [-0.3, -0.25) is 32.5 Å². The highest BCUT2D eigenvalue weighted by Gasteiger charge is 2.29. The van der Waals surface area contributed by atoms with Crippen molar-refractivity contribution in [3.05, 3.63) is 170 Å². The number of esters is 3. The minimum Gasteiger partial charge on any atom is -0.463 e. The first kappa shape index (κ1) is 99.9. The number of ether oxygens (including phenoxy) is 3. The summed E-state index contributed by atoms with van der Waals surface area (Å²) >= 11 is 0. The van der Waals surface area contributed by atoms with Gasteiger partial charge in [0.15, 0.2) is 6.10 Å². The molecule has 0 aliphatic heterocycles. The van der Waals surface area contributed by atoms with E-state index in [2.05, 4.69) is 191 Å². The highest BCUT2D eigenvalue weighted by Crippen LogP contribution is 2.45. The first-order valence-electron chi connectivity index (χ1n) is 40.4. The van der Waals surface area contributed by atoms with Crippen molar-refractivity contribution in [2.45, 2.75) is 322 Å². The molecule has 598 valence electrons. The smallest absolute Gasteiger partial charge is 0.463 e. The molecule has 0 rings (SSSR count). The summed E-state index contributed by atoms with van der Waals surface area (Å²) in [6.07, 6.45) is 99.6. The monoisotopic (exact) mass is 1510 g/mol. The van der Waals surface area contributed by atoms with Crippen molar-refractivity contribution in [2.75, 3.05) is 39.6 Å². The van der Waals surface area contributed by atoms with Crippen LogP contribution < -0.4 is 0 Å². The standard InChI is InChI=1S/C87H144O16P2/c1-4-7-10-13-16-19-22-25-28-31-34-36-37-38-39-40-41-42-43-45-48-49-52-55-58-61-64-67-70-73-85(90)97-76-82(88)77-99-104(93,94)100-78-83(89)79-101-105(95,96)102-81-84(103-87(92)75-72-69-66-63-60-57-54-51-46-33-30-27-24-21-18-15-12-9-6-3)80-98-86(91)74-71-68-65-62-59-56-53-50-47-44-35-32-29-26-23-20-17-14-11-8-5-2/h7-12,16-21,25-30,34-36,38-39,44,46,50-51,53,82-84,88-89H,4-6,13-15,22-24,31-33,37,40-43,45,47-49,52,54-81H2,1-3H3,(H,93,94)(H,95,96)/b10-7-,11-8-,12-9-,19-16-,20-17-,21-18-,28-25-,29-26-,30-27-,36-34-,39-38-,44-35-,51-46-,53-50-.